The van der Waals surface area contributed by atoms with Crippen molar-refractivity contribution in [3.8, 4) is 0 Å². The van der Waals surface area contributed by atoms with Crippen molar-refractivity contribution in [3.63, 3.8) is 0 Å². The Hall–Kier alpha value is -1.52. The Kier molecular flexibility index (Phi) is 4.82. The molecule has 1 rings (SSSR count). The lowest BCUT2D eigenvalue weighted by molar-refractivity contribution is -0.116. The summed E-state index contributed by atoms with van der Waals surface area (Å²) in [6, 6.07) is 0. The Balaban J connectivity index is 2.15. The number of nitrogens with zero attached hydrogens (tertiary/aromatic N) is 1. The molecule has 5 heteroatoms. The number of carboxylic acid groups (broad SMARTS) is 1. The van der Waals surface area contributed by atoms with Gasteiger partial charge in [-0.15, -0.1) is 0 Å². The van der Waals surface area contributed by atoms with E-state index in [1.807, 2.05) is 0 Å². The molecule has 0 radical (unpaired) electrons. The molecular weight excluding hydrogens is 208 g/mol. The molecule has 1 aliphatic heterocycles. The molecule has 2 amide bonds. The van der Waals surface area contributed by atoms with Gasteiger partial charge in [-0.2, -0.15) is 0 Å². The fourth-order valence-corrected chi connectivity index (χ4v) is 1.88. The molecule has 16 heavy (non-hydrogen) atoms. The van der Waals surface area contributed by atoms with E-state index < -0.39 is 6.09 Å². The molecule has 0 bridgehead atoms. The van der Waals surface area contributed by atoms with Crippen LogP contribution < -0.4 is 5.32 Å². The predicted octanol–water partition coefficient (Wildman–Crippen LogP) is 1.07. The minimum atomic E-state index is -0.835. The highest BCUT2D eigenvalue weighted by molar-refractivity contribution is 5.86. The van der Waals surface area contributed by atoms with Crippen molar-refractivity contribution in [1.29, 1.82) is 0 Å². The molecule has 0 aromatic heterocycles. The van der Waals surface area contributed by atoms with E-state index in [0.29, 0.717) is 25.6 Å². The Morgan fingerprint density at radius 2 is 2.06 bits per heavy atom. The van der Waals surface area contributed by atoms with Crippen LogP contribution in [0.5, 0.6) is 0 Å². The molecule has 0 unspecified atom stereocenters. The molecule has 0 spiro atoms. The van der Waals surface area contributed by atoms with E-state index in [-0.39, 0.29) is 5.91 Å². The molecule has 1 heterocycles. The van der Waals surface area contributed by atoms with E-state index in [1.54, 1.807) is 0 Å². The Labute approximate surface area is 95.1 Å². The van der Waals surface area contributed by atoms with Crippen LogP contribution in [-0.2, 0) is 4.79 Å². The van der Waals surface area contributed by atoms with Crippen molar-refractivity contribution in [2.45, 2.75) is 19.3 Å². The van der Waals surface area contributed by atoms with Gasteiger partial charge in [0.15, 0.2) is 0 Å². The van der Waals surface area contributed by atoms with Gasteiger partial charge in [-0.05, 0) is 31.3 Å². The Morgan fingerprint density at radius 3 is 2.56 bits per heavy atom. The van der Waals surface area contributed by atoms with Gasteiger partial charge in [0.2, 0.25) is 5.91 Å². The minimum Gasteiger partial charge on any atom is -0.465 e. The maximum absolute atomic E-state index is 10.9. The van der Waals surface area contributed by atoms with Crippen molar-refractivity contribution >= 4 is 12.0 Å². The van der Waals surface area contributed by atoms with E-state index in [2.05, 4.69) is 11.9 Å². The average molecular weight is 226 g/mol. The lowest BCUT2D eigenvalue weighted by atomic mass is 9.94. The van der Waals surface area contributed by atoms with Gasteiger partial charge >= 0.3 is 6.09 Å². The van der Waals surface area contributed by atoms with Crippen molar-refractivity contribution in [1.82, 2.24) is 10.2 Å². The van der Waals surface area contributed by atoms with Crippen molar-refractivity contribution < 1.29 is 14.7 Å². The minimum absolute atomic E-state index is 0.150. The number of likely N-dealkylation sites (tertiary alicyclic amines) is 1. The summed E-state index contributed by atoms with van der Waals surface area (Å²) in [6.45, 7) is 5.23. The van der Waals surface area contributed by atoms with Gasteiger partial charge in [-0.3, -0.25) is 4.79 Å². The van der Waals surface area contributed by atoms with E-state index in [0.717, 1.165) is 19.3 Å². The first-order valence-corrected chi connectivity index (χ1v) is 5.51. The predicted molar refractivity (Wildman–Crippen MR) is 60.1 cm³/mol. The first kappa shape index (κ1) is 12.5. The quantitative estimate of drug-likeness (QED) is 0.704. The number of hydrogen-bond acceptors (Lipinski definition) is 2. The van der Waals surface area contributed by atoms with Crippen molar-refractivity contribution in [2.75, 3.05) is 19.6 Å². The first-order valence-electron chi connectivity index (χ1n) is 5.51. The van der Waals surface area contributed by atoms with E-state index in [1.165, 1.54) is 11.0 Å². The number of piperidine rings is 1. The van der Waals surface area contributed by atoms with Gasteiger partial charge in [-0.1, -0.05) is 6.58 Å². The molecule has 0 aromatic rings. The van der Waals surface area contributed by atoms with Crippen LogP contribution in [0.4, 0.5) is 4.79 Å². The molecule has 0 saturated carbocycles. The molecular formula is C11H18N2O3. The molecule has 0 aromatic carbocycles. The smallest absolute Gasteiger partial charge is 0.407 e. The summed E-state index contributed by atoms with van der Waals surface area (Å²) in [5.41, 5.74) is 0. The highest BCUT2D eigenvalue weighted by Gasteiger charge is 2.21. The average Bonchev–Trinajstić information content (AvgIpc) is 2.29. The van der Waals surface area contributed by atoms with Crippen LogP contribution >= 0.6 is 0 Å². The summed E-state index contributed by atoms with van der Waals surface area (Å²) < 4.78 is 0. The number of carbonyl (C=O) groups is 2. The maximum atomic E-state index is 10.9. The summed E-state index contributed by atoms with van der Waals surface area (Å²) >= 11 is 0. The highest BCUT2D eigenvalue weighted by atomic mass is 16.4. The molecule has 1 aliphatic rings. The zero-order valence-corrected chi connectivity index (χ0v) is 9.32. The van der Waals surface area contributed by atoms with Gasteiger partial charge in [0.1, 0.15) is 0 Å². The monoisotopic (exact) mass is 226 g/mol. The van der Waals surface area contributed by atoms with Crippen LogP contribution in [0.2, 0.25) is 0 Å². The summed E-state index contributed by atoms with van der Waals surface area (Å²) in [7, 11) is 0. The van der Waals surface area contributed by atoms with E-state index in [4.69, 9.17) is 5.11 Å². The molecule has 1 saturated heterocycles. The third-order valence-electron chi connectivity index (χ3n) is 2.92. The van der Waals surface area contributed by atoms with Crippen LogP contribution in [0.3, 0.4) is 0 Å². The van der Waals surface area contributed by atoms with Crippen LogP contribution in [0, 0.1) is 5.92 Å². The summed E-state index contributed by atoms with van der Waals surface area (Å²) in [5.74, 6) is 0.365. The largest absolute Gasteiger partial charge is 0.465 e. The van der Waals surface area contributed by atoms with Crippen molar-refractivity contribution in [3.05, 3.63) is 12.7 Å². The summed E-state index contributed by atoms with van der Waals surface area (Å²) in [6.07, 6.45) is 3.10. The van der Waals surface area contributed by atoms with E-state index in [9.17, 15) is 9.59 Å². The highest BCUT2D eigenvalue weighted by Crippen LogP contribution is 2.19. The van der Waals surface area contributed by atoms with Gasteiger partial charge < -0.3 is 15.3 Å². The molecule has 0 aliphatic carbocycles. The first-order chi connectivity index (χ1) is 7.63. The number of nitrogens with one attached hydrogen (secondary N) is 1. The normalized spacial score (nSPS) is 16.9. The molecule has 0 atom stereocenters. The van der Waals surface area contributed by atoms with Gasteiger partial charge in [-0.25, -0.2) is 4.79 Å². The maximum Gasteiger partial charge on any atom is 0.407 e. The van der Waals surface area contributed by atoms with Gasteiger partial charge in [0.25, 0.3) is 0 Å². The number of hydrogen-bond donors (Lipinski definition) is 2. The van der Waals surface area contributed by atoms with Gasteiger partial charge in [0, 0.05) is 19.6 Å². The zero-order chi connectivity index (χ0) is 12.0. The second-order valence-corrected chi connectivity index (χ2v) is 4.00. The van der Waals surface area contributed by atoms with Crippen LogP contribution in [-0.4, -0.2) is 41.6 Å². The van der Waals surface area contributed by atoms with Crippen LogP contribution in [0.25, 0.3) is 0 Å². The molecule has 90 valence electrons. The second-order valence-electron chi connectivity index (χ2n) is 4.00. The topological polar surface area (TPSA) is 69.6 Å². The standard InChI is InChI=1S/C11H18N2O3/c1-2-10(14)12-6-3-9-4-7-13(8-5-9)11(15)16/h2,9H,1,3-8H2,(H,12,14)(H,15,16). The number of carbonyl (C=O) groups excluding carboxylic acids is 1. The number of amides is 2. The van der Waals surface area contributed by atoms with E-state index >= 15 is 0 Å². The number of rotatable bonds is 4. The third-order valence-corrected chi connectivity index (χ3v) is 2.92. The lowest BCUT2D eigenvalue weighted by Crippen LogP contribution is -2.38. The Morgan fingerprint density at radius 1 is 1.44 bits per heavy atom. The zero-order valence-electron chi connectivity index (χ0n) is 9.32. The van der Waals surface area contributed by atoms with Crippen molar-refractivity contribution in [2.24, 2.45) is 5.92 Å². The summed E-state index contributed by atoms with van der Waals surface area (Å²) in [4.78, 5) is 23.0. The fraction of sp³-hybridized carbons (Fsp3) is 0.636. The summed E-state index contributed by atoms with van der Waals surface area (Å²) in [5, 5.41) is 11.5. The second kappa shape index (κ2) is 6.15. The van der Waals surface area contributed by atoms with Crippen LogP contribution in [0.1, 0.15) is 19.3 Å². The fourth-order valence-electron chi connectivity index (χ4n) is 1.88. The SMILES string of the molecule is C=CC(=O)NCCC1CCN(C(=O)O)CC1. The molecule has 5 nitrogen and oxygen atoms in total. The third kappa shape index (κ3) is 3.92. The van der Waals surface area contributed by atoms with Crippen LogP contribution in [0.15, 0.2) is 12.7 Å². The van der Waals surface area contributed by atoms with Gasteiger partial charge in [0.05, 0.1) is 0 Å². The Bertz CT molecular complexity index is 270. The molecule has 1 fully saturated rings. The lowest BCUT2D eigenvalue weighted by Gasteiger charge is -2.29. The molecule has 2 N–H and O–H groups in total.